The molecule has 114 valence electrons. The van der Waals surface area contributed by atoms with Gasteiger partial charge in [-0.25, -0.2) is 18.1 Å². The van der Waals surface area contributed by atoms with Crippen LogP contribution in [0, 0.1) is 13.8 Å². The van der Waals surface area contributed by atoms with Crippen molar-refractivity contribution in [1.82, 2.24) is 9.71 Å². The van der Waals surface area contributed by atoms with Gasteiger partial charge in [-0.2, -0.15) is 0 Å². The minimum absolute atomic E-state index is 0.231. The van der Waals surface area contributed by atoms with E-state index in [4.69, 9.17) is 5.73 Å². The molecule has 1 heterocycles. The second-order valence-corrected chi connectivity index (χ2v) is 7.52. The van der Waals surface area contributed by atoms with Gasteiger partial charge in [-0.05, 0) is 43.5 Å². The molecule has 0 spiro atoms. The molecular weight excluding hydrogens is 306 g/mol. The summed E-state index contributed by atoms with van der Waals surface area (Å²) in [4.78, 5) is 4.42. The molecule has 1 atom stereocenters. The standard InChI is InChI=1S/C14H19N3O2S2/c1-4-12(14-16-5-6-20-14)17-21(18,19)13-8-11(15)7-9(2)10(13)3/h5-8,12,17H,4,15H2,1-3H3. The second-order valence-electron chi connectivity index (χ2n) is 4.91. The molecule has 1 unspecified atom stereocenters. The minimum atomic E-state index is -3.64. The number of hydrogen-bond acceptors (Lipinski definition) is 5. The Kier molecular flexibility index (Phi) is 4.65. The quantitative estimate of drug-likeness (QED) is 0.828. The van der Waals surface area contributed by atoms with Gasteiger partial charge in [-0.1, -0.05) is 6.92 Å². The van der Waals surface area contributed by atoms with Gasteiger partial charge in [-0.15, -0.1) is 11.3 Å². The number of sulfonamides is 1. The van der Waals surface area contributed by atoms with E-state index in [9.17, 15) is 8.42 Å². The maximum absolute atomic E-state index is 12.6. The lowest BCUT2D eigenvalue weighted by Crippen LogP contribution is -2.29. The van der Waals surface area contributed by atoms with Gasteiger partial charge in [0, 0.05) is 17.3 Å². The molecule has 5 nitrogen and oxygen atoms in total. The summed E-state index contributed by atoms with van der Waals surface area (Å²) in [5, 5.41) is 2.60. The molecule has 0 aliphatic rings. The molecule has 1 aromatic heterocycles. The summed E-state index contributed by atoms with van der Waals surface area (Å²) in [5.74, 6) is 0. The third-order valence-corrected chi connectivity index (χ3v) is 5.87. The van der Waals surface area contributed by atoms with Crippen LogP contribution in [-0.2, 0) is 10.0 Å². The lowest BCUT2D eigenvalue weighted by Gasteiger charge is -2.17. The van der Waals surface area contributed by atoms with Gasteiger partial charge in [0.15, 0.2) is 0 Å². The summed E-state index contributed by atoms with van der Waals surface area (Å²) in [5.41, 5.74) is 7.80. The van der Waals surface area contributed by atoms with Gasteiger partial charge in [0.05, 0.1) is 10.9 Å². The first-order valence-electron chi connectivity index (χ1n) is 6.63. The van der Waals surface area contributed by atoms with Gasteiger partial charge in [0.1, 0.15) is 5.01 Å². The van der Waals surface area contributed by atoms with Crippen molar-refractivity contribution in [3.8, 4) is 0 Å². The fraction of sp³-hybridized carbons (Fsp3) is 0.357. The zero-order valence-electron chi connectivity index (χ0n) is 12.3. The van der Waals surface area contributed by atoms with E-state index in [1.54, 1.807) is 19.2 Å². The van der Waals surface area contributed by atoms with Crippen molar-refractivity contribution in [3.05, 3.63) is 39.8 Å². The van der Waals surface area contributed by atoms with Crippen LogP contribution in [0.25, 0.3) is 0 Å². The Morgan fingerprint density at radius 1 is 1.38 bits per heavy atom. The molecule has 2 rings (SSSR count). The van der Waals surface area contributed by atoms with E-state index in [-0.39, 0.29) is 10.9 Å². The molecule has 7 heteroatoms. The van der Waals surface area contributed by atoms with Gasteiger partial charge < -0.3 is 5.73 Å². The predicted molar refractivity (Wildman–Crippen MR) is 85.8 cm³/mol. The lowest BCUT2D eigenvalue weighted by atomic mass is 10.1. The Bertz CT molecular complexity index is 725. The Hall–Kier alpha value is -1.44. The highest BCUT2D eigenvalue weighted by molar-refractivity contribution is 7.89. The molecule has 2 aromatic rings. The number of aryl methyl sites for hydroxylation is 1. The van der Waals surface area contributed by atoms with E-state index in [1.165, 1.54) is 17.4 Å². The molecule has 21 heavy (non-hydrogen) atoms. The van der Waals surface area contributed by atoms with Crippen molar-refractivity contribution in [2.24, 2.45) is 0 Å². The first-order valence-corrected chi connectivity index (χ1v) is 9.00. The molecular formula is C14H19N3O2S2. The lowest BCUT2D eigenvalue weighted by molar-refractivity contribution is 0.548. The molecule has 0 aliphatic carbocycles. The zero-order chi connectivity index (χ0) is 15.6. The second kappa shape index (κ2) is 6.13. The van der Waals surface area contributed by atoms with E-state index in [0.717, 1.165) is 10.6 Å². The molecule has 1 aromatic carbocycles. The van der Waals surface area contributed by atoms with E-state index < -0.39 is 10.0 Å². The Morgan fingerprint density at radius 3 is 2.67 bits per heavy atom. The number of benzene rings is 1. The average molecular weight is 325 g/mol. The van der Waals surface area contributed by atoms with Crippen LogP contribution in [0.4, 0.5) is 5.69 Å². The molecule has 3 N–H and O–H groups in total. The average Bonchev–Trinajstić information content (AvgIpc) is 2.94. The first-order chi connectivity index (χ1) is 9.85. The highest BCUT2D eigenvalue weighted by atomic mass is 32.2. The summed E-state index contributed by atoms with van der Waals surface area (Å²) in [6.07, 6.45) is 2.31. The van der Waals surface area contributed by atoms with Crippen molar-refractivity contribution in [2.45, 2.75) is 38.1 Å². The van der Waals surface area contributed by atoms with Crippen LogP contribution in [0.5, 0.6) is 0 Å². The molecule has 0 bridgehead atoms. The topological polar surface area (TPSA) is 85.1 Å². The number of rotatable bonds is 5. The van der Waals surface area contributed by atoms with E-state index in [0.29, 0.717) is 17.7 Å². The summed E-state index contributed by atoms with van der Waals surface area (Å²) >= 11 is 1.44. The number of nitrogen functional groups attached to an aromatic ring is 1. The van der Waals surface area contributed by atoms with Crippen molar-refractivity contribution in [1.29, 1.82) is 0 Å². The number of thiazole rings is 1. The number of nitrogens with one attached hydrogen (secondary N) is 1. The highest BCUT2D eigenvalue weighted by Gasteiger charge is 2.24. The maximum Gasteiger partial charge on any atom is 0.241 e. The van der Waals surface area contributed by atoms with Gasteiger partial charge in [0.25, 0.3) is 0 Å². The first kappa shape index (κ1) is 15.9. The number of hydrogen-bond donors (Lipinski definition) is 2. The molecule has 0 amide bonds. The Balaban J connectivity index is 2.39. The summed E-state index contributed by atoms with van der Waals surface area (Å²) in [7, 11) is -3.64. The fourth-order valence-electron chi connectivity index (χ4n) is 2.10. The molecule has 0 fully saturated rings. The van der Waals surface area contributed by atoms with Crippen molar-refractivity contribution in [2.75, 3.05) is 5.73 Å². The van der Waals surface area contributed by atoms with E-state index in [2.05, 4.69) is 9.71 Å². The van der Waals surface area contributed by atoms with Crippen molar-refractivity contribution < 1.29 is 8.42 Å². The van der Waals surface area contributed by atoms with Crippen LogP contribution in [0.2, 0.25) is 0 Å². The van der Waals surface area contributed by atoms with Crippen LogP contribution in [0.3, 0.4) is 0 Å². The van der Waals surface area contributed by atoms with Crippen LogP contribution in [0.1, 0.15) is 35.5 Å². The monoisotopic (exact) mass is 325 g/mol. The minimum Gasteiger partial charge on any atom is -0.399 e. The van der Waals surface area contributed by atoms with Crippen molar-refractivity contribution >= 4 is 27.0 Å². The van der Waals surface area contributed by atoms with E-state index >= 15 is 0 Å². The molecule has 0 radical (unpaired) electrons. The normalized spacial score (nSPS) is 13.3. The van der Waals surface area contributed by atoms with Gasteiger partial charge in [-0.3, -0.25) is 0 Å². The highest BCUT2D eigenvalue weighted by Crippen LogP contribution is 2.26. The predicted octanol–water partition coefficient (Wildman–Crippen LogP) is 2.77. The number of anilines is 1. The summed E-state index contributed by atoms with van der Waals surface area (Å²) in [6.45, 7) is 5.56. The van der Waals surface area contributed by atoms with E-state index in [1.807, 2.05) is 19.2 Å². The van der Waals surface area contributed by atoms with Crippen molar-refractivity contribution in [3.63, 3.8) is 0 Å². The summed E-state index contributed by atoms with van der Waals surface area (Å²) in [6, 6.07) is 2.95. The number of nitrogens with two attached hydrogens (primary N) is 1. The zero-order valence-corrected chi connectivity index (χ0v) is 13.9. The summed E-state index contributed by atoms with van der Waals surface area (Å²) < 4.78 is 28.0. The smallest absolute Gasteiger partial charge is 0.241 e. The Morgan fingerprint density at radius 2 is 2.10 bits per heavy atom. The maximum atomic E-state index is 12.6. The Labute approximate surface area is 129 Å². The SMILES string of the molecule is CCC(NS(=O)(=O)c1cc(N)cc(C)c1C)c1nccs1. The fourth-order valence-corrected chi connectivity index (χ4v) is 4.58. The van der Waals surface area contributed by atoms with Gasteiger partial charge >= 0.3 is 0 Å². The largest absolute Gasteiger partial charge is 0.399 e. The van der Waals surface area contributed by atoms with Crippen LogP contribution >= 0.6 is 11.3 Å². The number of nitrogens with zero attached hydrogens (tertiary/aromatic N) is 1. The third kappa shape index (κ3) is 3.42. The van der Waals surface area contributed by atoms with Crippen LogP contribution in [-0.4, -0.2) is 13.4 Å². The van der Waals surface area contributed by atoms with Crippen LogP contribution in [0.15, 0.2) is 28.6 Å². The van der Waals surface area contributed by atoms with Gasteiger partial charge in [0.2, 0.25) is 10.0 Å². The molecule has 0 aliphatic heterocycles. The number of aromatic nitrogens is 1. The molecule has 0 saturated carbocycles. The van der Waals surface area contributed by atoms with Crippen LogP contribution < -0.4 is 10.5 Å². The third-order valence-electron chi connectivity index (χ3n) is 3.39. The molecule has 0 saturated heterocycles.